The summed E-state index contributed by atoms with van der Waals surface area (Å²) in [5.41, 5.74) is 5.45. The molecule has 0 saturated carbocycles. The number of esters is 2. The average molecular weight is 454 g/mol. The summed E-state index contributed by atoms with van der Waals surface area (Å²) in [4.78, 5) is 36.9. The Labute approximate surface area is 194 Å². The second-order valence-corrected chi connectivity index (χ2v) is 8.42. The zero-order chi connectivity index (χ0) is 23.4. The number of para-hydroxylation sites is 2. The van der Waals surface area contributed by atoms with Gasteiger partial charge >= 0.3 is 11.9 Å². The molecule has 8 nitrogen and oxygen atoms in total. The van der Waals surface area contributed by atoms with Gasteiger partial charge in [-0.05, 0) is 23.8 Å². The number of carbonyl (C=O) groups excluding carboxylic acids is 2. The van der Waals surface area contributed by atoms with Crippen molar-refractivity contribution in [3.63, 3.8) is 0 Å². The number of fused-ring (bicyclic) bond motifs is 6. The highest BCUT2D eigenvalue weighted by Crippen LogP contribution is 2.38. The van der Waals surface area contributed by atoms with Crippen molar-refractivity contribution in [2.45, 2.75) is 18.5 Å². The molecule has 1 aliphatic heterocycles. The van der Waals surface area contributed by atoms with Gasteiger partial charge in [-0.1, -0.05) is 36.4 Å². The number of hydrogen-bond donors (Lipinski definition) is 3. The minimum atomic E-state index is -0.565. The van der Waals surface area contributed by atoms with Gasteiger partial charge in [0.15, 0.2) is 0 Å². The molecule has 3 aromatic heterocycles. The summed E-state index contributed by atoms with van der Waals surface area (Å²) < 4.78 is 10.1. The Kier molecular flexibility index (Phi) is 4.63. The third kappa shape index (κ3) is 2.99. The molecule has 170 valence electrons. The molecule has 0 radical (unpaired) electrons. The first-order chi connectivity index (χ1) is 16.6. The lowest BCUT2D eigenvalue weighted by Gasteiger charge is -2.30. The van der Waals surface area contributed by atoms with Crippen LogP contribution in [-0.2, 0) is 20.7 Å². The van der Waals surface area contributed by atoms with E-state index < -0.39 is 18.1 Å². The van der Waals surface area contributed by atoms with E-state index in [-0.39, 0.29) is 11.7 Å². The molecule has 3 N–H and O–H groups in total. The van der Waals surface area contributed by atoms with Crippen LogP contribution in [0, 0.1) is 0 Å². The van der Waals surface area contributed by atoms with Gasteiger partial charge in [0.05, 0.1) is 31.5 Å². The number of pyridine rings is 1. The Morgan fingerprint density at radius 1 is 0.912 bits per heavy atom. The summed E-state index contributed by atoms with van der Waals surface area (Å²) in [6.07, 6.45) is 0.481. The number of aromatic nitrogens is 3. The summed E-state index contributed by atoms with van der Waals surface area (Å²) in [6.45, 7) is 0. The molecule has 6 rings (SSSR count). The highest BCUT2D eigenvalue weighted by Gasteiger charge is 2.36. The highest BCUT2D eigenvalue weighted by atomic mass is 16.5. The van der Waals surface area contributed by atoms with Gasteiger partial charge in [0, 0.05) is 39.3 Å². The normalized spacial score (nSPS) is 17.7. The van der Waals surface area contributed by atoms with Gasteiger partial charge in [-0.2, -0.15) is 0 Å². The van der Waals surface area contributed by atoms with Gasteiger partial charge in [-0.3, -0.25) is 10.1 Å². The third-order valence-corrected chi connectivity index (χ3v) is 6.59. The number of H-pyrrole nitrogens is 2. The fraction of sp³-hybridized carbons (Fsp3) is 0.192. The lowest BCUT2D eigenvalue weighted by molar-refractivity contribution is -0.143. The number of benzene rings is 2. The van der Waals surface area contributed by atoms with E-state index in [9.17, 15) is 9.59 Å². The number of carbonyl (C=O) groups is 2. The maximum absolute atomic E-state index is 12.6. The fourth-order valence-corrected chi connectivity index (χ4v) is 5.03. The molecule has 0 aliphatic carbocycles. The van der Waals surface area contributed by atoms with Crippen LogP contribution in [0.2, 0.25) is 0 Å². The molecule has 0 fully saturated rings. The molecule has 2 aromatic carbocycles. The van der Waals surface area contributed by atoms with Crippen LogP contribution in [-0.4, -0.2) is 47.2 Å². The predicted octanol–water partition coefficient (Wildman–Crippen LogP) is 3.76. The Hall–Kier alpha value is -4.17. The molecule has 1 aliphatic rings. The first-order valence-corrected chi connectivity index (χ1v) is 11.0. The van der Waals surface area contributed by atoms with E-state index in [2.05, 4.69) is 15.3 Å². The van der Waals surface area contributed by atoms with Crippen molar-refractivity contribution >= 4 is 44.6 Å². The molecule has 4 heterocycles. The summed E-state index contributed by atoms with van der Waals surface area (Å²) in [7, 11) is 2.72. The number of nitrogens with one attached hydrogen (secondary N) is 3. The largest absolute Gasteiger partial charge is 0.468 e. The van der Waals surface area contributed by atoms with Crippen LogP contribution < -0.4 is 5.32 Å². The average Bonchev–Trinajstić information content (AvgIpc) is 3.45. The molecule has 0 spiro atoms. The minimum absolute atomic E-state index is 0.203. The molecular formula is C26H22N4O4. The van der Waals surface area contributed by atoms with Crippen LogP contribution in [0.25, 0.3) is 32.7 Å². The zero-order valence-electron chi connectivity index (χ0n) is 18.6. The first kappa shape index (κ1) is 20.4. The van der Waals surface area contributed by atoms with Crippen molar-refractivity contribution in [3.05, 3.63) is 77.2 Å². The van der Waals surface area contributed by atoms with Gasteiger partial charge in [0.1, 0.15) is 11.7 Å². The molecule has 0 saturated heterocycles. The maximum atomic E-state index is 12.6. The second-order valence-electron chi connectivity index (χ2n) is 8.42. The van der Waals surface area contributed by atoms with Crippen molar-refractivity contribution in [3.8, 4) is 0 Å². The van der Waals surface area contributed by atoms with Crippen molar-refractivity contribution in [2.24, 2.45) is 0 Å². The minimum Gasteiger partial charge on any atom is -0.468 e. The number of aromatic amines is 2. The van der Waals surface area contributed by atoms with Crippen LogP contribution in [0.4, 0.5) is 0 Å². The first-order valence-electron chi connectivity index (χ1n) is 11.0. The lowest BCUT2D eigenvalue weighted by Crippen LogP contribution is -2.46. The van der Waals surface area contributed by atoms with E-state index in [0.717, 1.165) is 44.0 Å². The van der Waals surface area contributed by atoms with E-state index in [1.165, 1.54) is 14.2 Å². The summed E-state index contributed by atoms with van der Waals surface area (Å²) in [5, 5.41) is 6.31. The van der Waals surface area contributed by atoms with Gasteiger partial charge in [0.25, 0.3) is 0 Å². The van der Waals surface area contributed by atoms with Gasteiger partial charge in [-0.15, -0.1) is 0 Å². The van der Waals surface area contributed by atoms with Crippen molar-refractivity contribution < 1.29 is 19.1 Å². The standard InChI is InChI=1S/C26H22N4O4/c1-33-25(31)19-11-15-13-7-3-5-9-17(13)27-21(15)23(29-19)24-22-16(12-20(30-24)26(32)34-2)14-8-4-6-10-18(14)28-22/h3-11,20,24,27-28,30H,12H2,1-2H3/t20-,24-/m0/s1. The molecular weight excluding hydrogens is 432 g/mol. The monoisotopic (exact) mass is 454 g/mol. The molecule has 0 unspecified atom stereocenters. The number of nitrogens with zero attached hydrogens (tertiary/aromatic N) is 1. The van der Waals surface area contributed by atoms with Gasteiger partial charge in [-0.25, -0.2) is 9.78 Å². The second kappa shape index (κ2) is 7.71. The predicted molar refractivity (Wildman–Crippen MR) is 128 cm³/mol. The zero-order valence-corrected chi connectivity index (χ0v) is 18.6. The topological polar surface area (TPSA) is 109 Å². The number of hydrogen-bond acceptors (Lipinski definition) is 6. The fourth-order valence-electron chi connectivity index (χ4n) is 5.03. The third-order valence-electron chi connectivity index (χ3n) is 6.59. The van der Waals surface area contributed by atoms with Crippen molar-refractivity contribution in [1.82, 2.24) is 20.3 Å². The van der Waals surface area contributed by atoms with Crippen molar-refractivity contribution in [2.75, 3.05) is 14.2 Å². The number of methoxy groups -OCH3 is 2. The number of rotatable bonds is 3. The SMILES string of the molecule is COC(=O)c1cc2c([nH]c3ccccc32)c([C@H]2N[C@H](C(=O)OC)Cc3c2[nH]c2ccccc32)n1. The molecule has 5 aromatic rings. The maximum Gasteiger partial charge on any atom is 0.356 e. The smallest absolute Gasteiger partial charge is 0.356 e. The van der Waals surface area contributed by atoms with E-state index in [1.807, 2.05) is 48.5 Å². The summed E-state index contributed by atoms with van der Waals surface area (Å²) in [6, 6.07) is 16.6. The Bertz CT molecular complexity index is 1600. The molecule has 0 bridgehead atoms. The number of ether oxygens (including phenoxy) is 2. The highest BCUT2D eigenvalue weighted by molar-refractivity contribution is 6.10. The Balaban J connectivity index is 1.65. The molecule has 0 amide bonds. The van der Waals surface area contributed by atoms with Crippen LogP contribution in [0.5, 0.6) is 0 Å². The molecule has 34 heavy (non-hydrogen) atoms. The van der Waals surface area contributed by atoms with E-state index in [4.69, 9.17) is 14.5 Å². The van der Waals surface area contributed by atoms with Gasteiger partial charge < -0.3 is 19.4 Å². The van der Waals surface area contributed by atoms with Gasteiger partial charge in [0.2, 0.25) is 0 Å². The van der Waals surface area contributed by atoms with E-state index in [1.54, 1.807) is 6.07 Å². The van der Waals surface area contributed by atoms with Crippen LogP contribution >= 0.6 is 0 Å². The van der Waals surface area contributed by atoms with E-state index in [0.29, 0.717) is 12.1 Å². The van der Waals surface area contributed by atoms with Crippen LogP contribution in [0.15, 0.2) is 54.6 Å². The van der Waals surface area contributed by atoms with E-state index >= 15 is 0 Å². The van der Waals surface area contributed by atoms with Crippen molar-refractivity contribution in [1.29, 1.82) is 0 Å². The van der Waals surface area contributed by atoms with Crippen LogP contribution in [0.3, 0.4) is 0 Å². The van der Waals surface area contributed by atoms with Crippen LogP contribution in [0.1, 0.15) is 33.5 Å². The molecule has 8 heteroatoms. The Morgan fingerprint density at radius 3 is 2.35 bits per heavy atom. The Morgan fingerprint density at radius 2 is 1.62 bits per heavy atom. The summed E-state index contributed by atoms with van der Waals surface area (Å²) >= 11 is 0. The quantitative estimate of drug-likeness (QED) is 0.358. The summed E-state index contributed by atoms with van der Waals surface area (Å²) in [5.74, 6) is -0.872. The molecule has 2 atom stereocenters. The lowest BCUT2D eigenvalue weighted by atomic mass is 9.91.